The maximum Gasteiger partial charge on any atom is 0.346 e. The summed E-state index contributed by atoms with van der Waals surface area (Å²) in [6.07, 6.45) is 8.42. The number of anilines is 1. The smallest absolute Gasteiger partial charge is 0.346 e. The minimum Gasteiger partial charge on any atom is -0.477 e. The van der Waals surface area contributed by atoms with Crippen LogP contribution in [0.5, 0.6) is 0 Å². The number of hydrogen-bond acceptors (Lipinski definition) is 5. The predicted molar refractivity (Wildman–Crippen MR) is 155 cm³/mol. The lowest BCUT2D eigenvalue weighted by Gasteiger charge is -2.35. The first-order chi connectivity index (χ1) is 17.9. The number of carboxylic acids is 1. The number of nitrogens with zero attached hydrogens (tertiary/aromatic N) is 1. The number of carbonyl (C=O) groups is 2. The number of nitrogens with one attached hydrogen (secondary N) is 1. The third kappa shape index (κ3) is 5.95. The highest BCUT2D eigenvalue weighted by Crippen LogP contribution is 2.43. The van der Waals surface area contributed by atoms with Crippen molar-refractivity contribution in [2.24, 2.45) is 11.8 Å². The monoisotopic (exact) mass is 534 g/mol. The average molecular weight is 535 g/mol. The zero-order valence-corrected chi connectivity index (χ0v) is 23.1. The van der Waals surface area contributed by atoms with Gasteiger partial charge in [-0.2, -0.15) is 0 Å². The van der Waals surface area contributed by atoms with E-state index < -0.39 is 5.97 Å². The lowest BCUT2D eigenvalue weighted by molar-refractivity contribution is -0.112. The van der Waals surface area contributed by atoms with Gasteiger partial charge in [-0.05, 0) is 90.3 Å². The molecule has 0 saturated heterocycles. The van der Waals surface area contributed by atoms with Crippen molar-refractivity contribution in [2.75, 3.05) is 25.5 Å². The van der Waals surface area contributed by atoms with E-state index in [0.717, 1.165) is 52.7 Å². The first-order valence-corrected chi connectivity index (χ1v) is 14.8. The number of carboxylic acid groups (broad SMARTS) is 1. The van der Waals surface area contributed by atoms with E-state index in [9.17, 15) is 14.7 Å². The van der Waals surface area contributed by atoms with Crippen LogP contribution in [-0.4, -0.2) is 42.0 Å². The van der Waals surface area contributed by atoms with Crippen LogP contribution in [0.2, 0.25) is 0 Å². The molecule has 0 unspecified atom stereocenters. The number of likely N-dealkylation sites (N-methyl/N-ethyl adjacent to an activating group) is 1. The molecule has 0 radical (unpaired) electrons. The standard InChI is InChI=1S/C30H34N2O3S2/c1-19-5-7-20(8-6-19)26-17-32(2)14-13-24(26)25-16-27(37-28(25)30(34)35)21-9-11-23(12-10-21)31-29(33)22-4-3-15-36-18-22/h3,9-12,15-16,18-20H,4-8,13-14,17H2,1-2H3,(H,31,33)(H,34,35)/t19-,20-. The number of aromatic carboxylic acids is 1. The molecule has 1 aromatic carbocycles. The molecule has 0 bridgehead atoms. The van der Waals surface area contributed by atoms with Gasteiger partial charge in [-0.1, -0.05) is 38.0 Å². The first kappa shape index (κ1) is 26.0. The van der Waals surface area contributed by atoms with Crippen LogP contribution in [0.3, 0.4) is 0 Å². The number of thiophene rings is 1. The molecular formula is C30H34N2O3S2. The van der Waals surface area contributed by atoms with Crippen LogP contribution in [0.15, 0.2) is 58.4 Å². The molecule has 2 aliphatic heterocycles. The van der Waals surface area contributed by atoms with Crippen molar-refractivity contribution in [3.8, 4) is 10.4 Å². The maximum absolute atomic E-state index is 12.5. The van der Waals surface area contributed by atoms with Crippen LogP contribution in [0, 0.1) is 11.8 Å². The van der Waals surface area contributed by atoms with Gasteiger partial charge >= 0.3 is 5.97 Å². The fourth-order valence-electron chi connectivity index (χ4n) is 5.61. The zero-order chi connectivity index (χ0) is 25.9. The fourth-order valence-corrected chi connectivity index (χ4v) is 7.30. The van der Waals surface area contributed by atoms with Crippen molar-refractivity contribution in [1.82, 2.24) is 4.90 Å². The number of rotatable bonds is 6. The molecule has 1 amide bonds. The Labute approximate surface area is 227 Å². The van der Waals surface area contributed by atoms with E-state index >= 15 is 0 Å². The molecule has 2 aromatic rings. The molecular weight excluding hydrogens is 500 g/mol. The molecule has 5 rings (SSSR count). The number of hydrogen-bond donors (Lipinski definition) is 2. The van der Waals surface area contributed by atoms with Gasteiger partial charge in [-0.25, -0.2) is 4.79 Å². The van der Waals surface area contributed by atoms with Crippen molar-refractivity contribution in [1.29, 1.82) is 0 Å². The molecule has 1 saturated carbocycles. The Hall–Kier alpha value is -2.61. The largest absolute Gasteiger partial charge is 0.477 e. The van der Waals surface area contributed by atoms with E-state index in [-0.39, 0.29) is 5.91 Å². The Morgan fingerprint density at radius 1 is 1.11 bits per heavy atom. The van der Waals surface area contributed by atoms with Gasteiger partial charge in [0.2, 0.25) is 0 Å². The summed E-state index contributed by atoms with van der Waals surface area (Å²) in [4.78, 5) is 28.6. The summed E-state index contributed by atoms with van der Waals surface area (Å²) in [5, 5.41) is 17.0. The molecule has 3 aliphatic rings. The highest BCUT2D eigenvalue weighted by Gasteiger charge is 2.30. The second kappa shape index (κ2) is 11.4. The second-order valence-corrected chi connectivity index (χ2v) is 12.3. The molecule has 0 atom stereocenters. The lowest BCUT2D eigenvalue weighted by atomic mass is 9.75. The van der Waals surface area contributed by atoms with Crippen LogP contribution in [0.1, 0.15) is 60.7 Å². The van der Waals surface area contributed by atoms with Gasteiger partial charge in [0.1, 0.15) is 4.88 Å². The molecule has 5 nitrogen and oxygen atoms in total. The van der Waals surface area contributed by atoms with E-state index in [1.165, 1.54) is 59.9 Å². The minimum atomic E-state index is -0.856. The lowest BCUT2D eigenvalue weighted by Crippen LogP contribution is -2.31. The van der Waals surface area contributed by atoms with E-state index in [4.69, 9.17) is 0 Å². The number of amides is 1. The Kier molecular flexibility index (Phi) is 8.03. The molecule has 194 valence electrons. The maximum atomic E-state index is 12.5. The second-order valence-electron chi connectivity index (χ2n) is 10.5. The summed E-state index contributed by atoms with van der Waals surface area (Å²) >= 11 is 2.86. The van der Waals surface area contributed by atoms with Gasteiger partial charge in [0, 0.05) is 34.8 Å². The summed E-state index contributed by atoms with van der Waals surface area (Å²) < 4.78 is 0. The molecule has 0 spiro atoms. The SMILES string of the molecule is CN1CCC(c2cc(-c3ccc(NC(=O)C4=CSC=CC4)cc3)sc2C(=O)O)=C([C@H]2CC[C@H](C)CC2)C1. The van der Waals surface area contributed by atoms with Crippen LogP contribution in [-0.2, 0) is 4.79 Å². The van der Waals surface area contributed by atoms with Crippen LogP contribution in [0.25, 0.3) is 16.0 Å². The minimum absolute atomic E-state index is 0.0880. The Bertz CT molecular complexity index is 1260. The normalized spacial score (nSPS) is 22.6. The highest BCUT2D eigenvalue weighted by molar-refractivity contribution is 8.05. The molecule has 2 N–H and O–H groups in total. The Morgan fingerprint density at radius 3 is 2.54 bits per heavy atom. The molecule has 3 heterocycles. The van der Waals surface area contributed by atoms with Crippen molar-refractivity contribution in [2.45, 2.75) is 45.4 Å². The van der Waals surface area contributed by atoms with Gasteiger partial charge in [0.05, 0.1) is 0 Å². The summed E-state index contributed by atoms with van der Waals surface area (Å²) in [6.45, 7) is 4.22. The van der Waals surface area contributed by atoms with Gasteiger partial charge in [0.25, 0.3) is 5.91 Å². The Morgan fingerprint density at radius 2 is 1.86 bits per heavy atom. The van der Waals surface area contributed by atoms with Crippen molar-refractivity contribution >= 4 is 46.2 Å². The molecule has 1 aliphatic carbocycles. The van der Waals surface area contributed by atoms with Crippen LogP contribution < -0.4 is 5.32 Å². The van der Waals surface area contributed by atoms with E-state index in [1.54, 1.807) is 0 Å². The first-order valence-electron chi connectivity index (χ1n) is 13.1. The number of carbonyl (C=O) groups excluding carboxylic acids is 1. The predicted octanol–water partition coefficient (Wildman–Crippen LogP) is 7.50. The third-order valence-corrected chi connectivity index (χ3v) is 9.72. The summed E-state index contributed by atoms with van der Waals surface area (Å²) in [7, 11) is 2.17. The topological polar surface area (TPSA) is 69.6 Å². The van der Waals surface area contributed by atoms with Gasteiger partial charge < -0.3 is 15.3 Å². The zero-order valence-electron chi connectivity index (χ0n) is 21.5. The quantitative estimate of drug-likeness (QED) is 0.402. The molecule has 7 heteroatoms. The summed E-state index contributed by atoms with van der Waals surface area (Å²) in [6, 6.07) is 9.80. The highest BCUT2D eigenvalue weighted by atomic mass is 32.2. The van der Waals surface area contributed by atoms with E-state index in [1.807, 2.05) is 41.2 Å². The third-order valence-electron chi connectivity index (χ3n) is 7.77. The van der Waals surface area contributed by atoms with E-state index in [0.29, 0.717) is 17.2 Å². The molecule has 1 fully saturated rings. The van der Waals surface area contributed by atoms with E-state index in [2.05, 4.69) is 30.3 Å². The van der Waals surface area contributed by atoms with Gasteiger partial charge in [0.15, 0.2) is 0 Å². The molecule has 1 aromatic heterocycles. The number of benzene rings is 1. The van der Waals surface area contributed by atoms with Crippen molar-refractivity contribution in [3.63, 3.8) is 0 Å². The van der Waals surface area contributed by atoms with Gasteiger partial charge in [-0.15, -0.1) is 23.1 Å². The fraction of sp³-hybridized carbons (Fsp3) is 0.400. The van der Waals surface area contributed by atoms with Crippen LogP contribution in [0.4, 0.5) is 5.69 Å². The number of thioether (sulfide) groups is 1. The average Bonchev–Trinajstić information content (AvgIpc) is 3.36. The van der Waals surface area contributed by atoms with Crippen LogP contribution >= 0.6 is 23.1 Å². The Balaban J connectivity index is 1.42. The van der Waals surface area contributed by atoms with Gasteiger partial charge in [-0.3, -0.25) is 4.79 Å². The van der Waals surface area contributed by atoms with Crippen molar-refractivity contribution in [3.05, 3.63) is 68.8 Å². The number of allylic oxidation sites excluding steroid dienone is 1. The summed E-state index contributed by atoms with van der Waals surface area (Å²) in [5.74, 6) is 0.391. The molecule has 37 heavy (non-hydrogen) atoms. The van der Waals surface area contributed by atoms with Crippen molar-refractivity contribution < 1.29 is 14.7 Å². The summed E-state index contributed by atoms with van der Waals surface area (Å²) in [5.41, 5.74) is 6.07.